The maximum Gasteiger partial charge on any atom is 0.338 e. The first-order chi connectivity index (χ1) is 17.4. The zero-order valence-electron chi connectivity index (χ0n) is 18.9. The molecule has 4 aromatic carbocycles. The van der Waals surface area contributed by atoms with Crippen LogP contribution >= 0.6 is 31.9 Å². The van der Waals surface area contributed by atoms with Gasteiger partial charge in [0.15, 0.2) is 6.10 Å². The van der Waals surface area contributed by atoms with E-state index in [9.17, 15) is 14.4 Å². The predicted octanol–water partition coefficient (Wildman–Crippen LogP) is 7.25. The molecule has 7 heteroatoms. The number of alkyl halides is 1. The van der Waals surface area contributed by atoms with Crippen molar-refractivity contribution in [2.75, 3.05) is 5.32 Å². The van der Waals surface area contributed by atoms with Crippen molar-refractivity contribution in [1.82, 2.24) is 0 Å². The van der Waals surface area contributed by atoms with Crippen molar-refractivity contribution in [2.24, 2.45) is 0 Å². The van der Waals surface area contributed by atoms with Crippen LogP contribution in [0.1, 0.15) is 41.5 Å². The molecule has 36 heavy (non-hydrogen) atoms. The first-order valence-corrected chi connectivity index (χ1v) is 12.8. The third-order valence-electron chi connectivity index (χ3n) is 5.40. The van der Waals surface area contributed by atoms with Crippen LogP contribution in [0.5, 0.6) is 0 Å². The molecule has 2 atom stereocenters. The summed E-state index contributed by atoms with van der Waals surface area (Å²) in [7, 11) is 0. The van der Waals surface area contributed by atoms with Crippen LogP contribution in [0.3, 0.4) is 0 Å². The zero-order valence-corrected chi connectivity index (χ0v) is 22.1. The third-order valence-corrected chi connectivity index (χ3v) is 6.93. The highest BCUT2D eigenvalue weighted by Gasteiger charge is 2.32. The van der Waals surface area contributed by atoms with Gasteiger partial charge in [0.05, 0.1) is 10.4 Å². The number of Topliss-reactive ketones (excluding diaryl/α,β-unsaturated/α-hetero) is 1. The fraction of sp³-hybridized carbons (Fsp3) is 0.0690. The highest BCUT2D eigenvalue weighted by molar-refractivity contribution is 9.10. The molecule has 5 nitrogen and oxygen atoms in total. The van der Waals surface area contributed by atoms with E-state index in [2.05, 4.69) is 37.2 Å². The Labute approximate surface area is 225 Å². The van der Waals surface area contributed by atoms with Gasteiger partial charge in [0.25, 0.3) is 5.91 Å². The zero-order chi connectivity index (χ0) is 25.5. The van der Waals surface area contributed by atoms with Crippen LogP contribution in [-0.4, -0.2) is 23.8 Å². The van der Waals surface area contributed by atoms with E-state index in [1.54, 1.807) is 66.7 Å². The van der Waals surface area contributed by atoms with Crippen molar-refractivity contribution in [3.63, 3.8) is 0 Å². The molecule has 0 heterocycles. The van der Waals surface area contributed by atoms with E-state index >= 15 is 0 Å². The summed E-state index contributed by atoms with van der Waals surface area (Å²) in [5.74, 6) is -1.31. The molecular formula is C29H21Br2NO4. The Balaban J connectivity index is 1.55. The van der Waals surface area contributed by atoms with Crippen LogP contribution in [0.15, 0.2) is 114 Å². The summed E-state index contributed by atoms with van der Waals surface area (Å²) in [6, 6.07) is 31.4. The highest BCUT2D eigenvalue weighted by Crippen LogP contribution is 2.31. The Bertz CT molecular complexity index is 1360. The number of carbonyl (C=O) groups excluding carboxylic acids is 3. The second kappa shape index (κ2) is 11.9. The lowest BCUT2D eigenvalue weighted by atomic mass is 9.99. The molecule has 0 aliphatic heterocycles. The van der Waals surface area contributed by atoms with E-state index in [0.717, 1.165) is 10.0 Å². The standard InChI is InChI=1S/C29H21Br2NO4/c30-23-16-14-21(15-17-23)28(34)32-24-13-7-12-22(18-24)29(35)36-27(25(31)19-8-3-1-4-9-19)26(33)20-10-5-2-6-11-20/h1-18,25,27H,(H,32,34)/t25-,27+/m1/s1. The molecule has 0 spiro atoms. The van der Waals surface area contributed by atoms with Gasteiger partial charge in [0, 0.05) is 21.3 Å². The van der Waals surface area contributed by atoms with E-state index < -0.39 is 16.9 Å². The number of rotatable bonds is 8. The average molecular weight is 607 g/mol. The van der Waals surface area contributed by atoms with E-state index in [1.807, 2.05) is 36.4 Å². The first kappa shape index (κ1) is 25.5. The summed E-state index contributed by atoms with van der Waals surface area (Å²) in [6.45, 7) is 0. The van der Waals surface area contributed by atoms with Crippen LogP contribution in [0.2, 0.25) is 0 Å². The van der Waals surface area contributed by atoms with Gasteiger partial charge in [0.2, 0.25) is 5.78 Å². The smallest absolute Gasteiger partial charge is 0.338 e. The number of hydrogen-bond acceptors (Lipinski definition) is 4. The second-order valence-corrected chi connectivity index (χ2v) is 9.81. The molecule has 0 bridgehead atoms. The van der Waals surface area contributed by atoms with Gasteiger partial charge in [-0.05, 0) is 48.0 Å². The van der Waals surface area contributed by atoms with Crippen molar-refractivity contribution in [3.8, 4) is 0 Å². The van der Waals surface area contributed by atoms with Crippen LogP contribution in [0.4, 0.5) is 5.69 Å². The van der Waals surface area contributed by atoms with Crippen molar-refractivity contribution in [3.05, 3.63) is 136 Å². The Morgan fingerprint density at radius 1 is 0.694 bits per heavy atom. The Morgan fingerprint density at radius 2 is 1.31 bits per heavy atom. The fourth-order valence-corrected chi connectivity index (χ4v) is 4.45. The third kappa shape index (κ3) is 6.36. The number of ether oxygens (including phenoxy) is 1. The lowest BCUT2D eigenvalue weighted by Crippen LogP contribution is -2.31. The lowest BCUT2D eigenvalue weighted by molar-refractivity contribution is 0.0282. The number of carbonyl (C=O) groups is 3. The lowest BCUT2D eigenvalue weighted by Gasteiger charge is -2.22. The summed E-state index contributed by atoms with van der Waals surface area (Å²) in [5.41, 5.74) is 2.36. The van der Waals surface area contributed by atoms with Crippen molar-refractivity contribution in [2.45, 2.75) is 10.9 Å². The topological polar surface area (TPSA) is 72.5 Å². The van der Waals surface area contributed by atoms with E-state index in [4.69, 9.17) is 4.74 Å². The normalized spacial score (nSPS) is 12.3. The molecule has 1 amide bonds. The molecule has 4 rings (SSSR count). The molecule has 0 aliphatic rings. The summed E-state index contributed by atoms with van der Waals surface area (Å²) in [6.07, 6.45) is -1.11. The summed E-state index contributed by atoms with van der Waals surface area (Å²) in [5, 5.41) is 2.79. The molecule has 0 saturated heterocycles. The molecule has 0 aliphatic carbocycles. The number of hydrogen-bond donors (Lipinski definition) is 1. The van der Waals surface area contributed by atoms with Gasteiger partial charge < -0.3 is 10.1 Å². The average Bonchev–Trinajstić information content (AvgIpc) is 2.92. The summed E-state index contributed by atoms with van der Waals surface area (Å²) < 4.78 is 6.64. The van der Waals surface area contributed by atoms with Crippen LogP contribution in [0.25, 0.3) is 0 Å². The van der Waals surface area contributed by atoms with E-state index in [0.29, 0.717) is 16.8 Å². The van der Waals surface area contributed by atoms with Gasteiger partial charge in [-0.1, -0.05) is 98.6 Å². The first-order valence-electron chi connectivity index (χ1n) is 11.1. The van der Waals surface area contributed by atoms with Crippen LogP contribution < -0.4 is 5.32 Å². The van der Waals surface area contributed by atoms with Gasteiger partial charge in [-0.15, -0.1) is 0 Å². The second-order valence-electron chi connectivity index (χ2n) is 7.91. The molecule has 4 aromatic rings. The van der Waals surface area contributed by atoms with E-state index in [-0.39, 0.29) is 17.3 Å². The molecule has 0 saturated carbocycles. The summed E-state index contributed by atoms with van der Waals surface area (Å²) >= 11 is 6.92. The number of ketones is 1. The number of benzene rings is 4. The van der Waals surface area contributed by atoms with Crippen LogP contribution in [0, 0.1) is 0 Å². The van der Waals surface area contributed by atoms with Gasteiger partial charge in [-0.2, -0.15) is 0 Å². The monoisotopic (exact) mass is 605 g/mol. The number of amides is 1. The van der Waals surface area contributed by atoms with Gasteiger partial charge >= 0.3 is 5.97 Å². The predicted molar refractivity (Wildman–Crippen MR) is 147 cm³/mol. The SMILES string of the molecule is O=C(Nc1cccc(C(=O)O[C@H](C(=O)c2ccccc2)[C@H](Br)c2ccccc2)c1)c1ccc(Br)cc1. The quantitative estimate of drug-likeness (QED) is 0.130. The van der Waals surface area contributed by atoms with Gasteiger partial charge in [-0.25, -0.2) is 4.79 Å². The number of esters is 1. The van der Waals surface area contributed by atoms with Gasteiger partial charge in [0.1, 0.15) is 0 Å². The minimum Gasteiger partial charge on any atom is -0.449 e. The number of halogens is 2. The molecule has 0 aromatic heterocycles. The van der Waals surface area contributed by atoms with Gasteiger partial charge in [-0.3, -0.25) is 9.59 Å². The Hall–Kier alpha value is -3.55. The van der Waals surface area contributed by atoms with E-state index in [1.165, 1.54) is 6.07 Å². The number of nitrogens with one attached hydrogen (secondary N) is 1. The van der Waals surface area contributed by atoms with Crippen molar-refractivity contribution < 1.29 is 19.1 Å². The fourth-order valence-electron chi connectivity index (χ4n) is 3.54. The maximum atomic E-state index is 13.4. The number of anilines is 1. The molecular weight excluding hydrogens is 586 g/mol. The molecule has 0 fully saturated rings. The molecule has 180 valence electrons. The Morgan fingerprint density at radius 3 is 1.97 bits per heavy atom. The summed E-state index contributed by atoms with van der Waals surface area (Å²) in [4.78, 5) is 38.5. The van der Waals surface area contributed by atoms with Crippen molar-refractivity contribution in [1.29, 1.82) is 0 Å². The van der Waals surface area contributed by atoms with Crippen molar-refractivity contribution >= 4 is 55.2 Å². The molecule has 0 unspecified atom stereocenters. The Kier molecular flexibility index (Phi) is 8.46. The largest absolute Gasteiger partial charge is 0.449 e. The minimum atomic E-state index is -1.11. The maximum absolute atomic E-state index is 13.4. The molecule has 1 N–H and O–H groups in total. The highest BCUT2D eigenvalue weighted by atomic mass is 79.9. The molecule has 0 radical (unpaired) electrons. The van der Waals surface area contributed by atoms with Crippen LogP contribution in [-0.2, 0) is 4.74 Å². The minimum absolute atomic E-state index is 0.210.